The van der Waals surface area contributed by atoms with Crippen molar-refractivity contribution in [2.75, 3.05) is 39.9 Å². The Morgan fingerprint density at radius 1 is 1.20 bits per heavy atom. The number of likely N-dealkylation sites (tertiary alicyclic amines) is 2. The molecule has 2 saturated heterocycles. The van der Waals surface area contributed by atoms with Gasteiger partial charge in [0, 0.05) is 43.4 Å². The lowest BCUT2D eigenvalue weighted by Crippen LogP contribution is -2.37. The van der Waals surface area contributed by atoms with Gasteiger partial charge in [-0.25, -0.2) is 14.8 Å². The van der Waals surface area contributed by atoms with Crippen LogP contribution in [0, 0.1) is 0 Å². The Kier molecular flexibility index (Phi) is 5.87. The number of piperidine rings is 1. The topological polar surface area (TPSA) is 105 Å². The highest BCUT2D eigenvalue weighted by Crippen LogP contribution is 2.36. The van der Waals surface area contributed by atoms with E-state index in [2.05, 4.69) is 9.97 Å². The predicted octanol–water partition coefficient (Wildman–Crippen LogP) is 2.50. The van der Waals surface area contributed by atoms with Crippen molar-refractivity contribution in [1.82, 2.24) is 19.8 Å². The molecule has 160 valence electrons. The molecule has 1 aromatic heterocycles. The Morgan fingerprint density at radius 3 is 2.67 bits per heavy atom. The molecule has 0 saturated carbocycles. The lowest BCUT2D eigenvalue weighted by atomic mass is 9.91. The van der Waals surface area contributed by atoms with Gasteiger partial charge >= 0.3 is 6.09 Å². The van der Waals surface area contributed by atoms with E-state index in [1.54, 1.807) is 13.4 Å². The molecule has 1 N–H and O–H groups in total. The molecule has 1 aromatic carbocycles. The maximum Gasteiger partial charge on any atom is 0.407 e. The van der Waals surface area contributed by atoms with Crippen molar-refractivity contribution in [3.8, 4) is 11.5 Å². The van der Waals surface area contributed by atoms with E-state index < -0.39 is 6.09 Å². The van der Waals surface area contributed by atoms with E-state index in [1.165, 1.54) is 4.90 Å². The lowest BCUT2D eigenvalue weighted by molar-refractivity contribution is -0.128. The van der Waals surface area contributed by atoms with Crippen molar-refractivity contribution >= 4 is 22.9 Å². The molecular formula is C21H26N4O5. The molecule has 2 amide bonds. The molecule has 0 unspecified atom stereocenters. The summed E-state index contributed by atoms with van der Waals surface area (Å²) in [5, 5.41) is 10.1. The van der Waals surface area contributed by atoms with Gasteiger partial charge in [-0.3, -0.25) is 4.79 Å². The highest BCUT2D eigenvalue weighted by Gasteiger charge is 2.26. The van der Waals surface area contributed by atoms with Gasteiger partial charge in [-0.1, -0.05) is 0 Å². The summed E-state index contributed by atoms with van der Waals surface area (Å²) in [5.41, 5.74) is 1.67. The van der Waals surface area contributed by atoms with Crippen LogP contribution in [0.4, 0.5) is 4.79 Å². The van der Waals surface area contributed by atoms with Gasteiger partial charge in [0.15, 0.2) is 11.5 Å². The average Bonchev–Trinajstić information content (AvgIpc) is 3.17. The third kappa shape index (κ3) is 4.10. The van der Waals surface area contributed by atoms with Crippen LogP contribution in [0.3, 0.4) is 0 Å². The molecule has 2 aliphatic heterocycles. The smallest absolute Gasteiger partial charge is 0.407 e. The van der Waals surface area contributed by atoms with Gasteiger partial charge in [-0.2, -0.15) is 0 Å². The quantitative estimate of drug-likeness (QED) is 0.774. The molecule has 0 aliphatic carbocycles. The van der Waals surface area contributed by atoms with Crippen LogP contribution in [0.5, 0.6) is 11.5 Å². The van der Waals surface area contributed by atoms with Crippen LogP contribution in [0.15, 0.2) is 18.5 Å². The first-order valence-corrected chi connectivity index (χ1v) is 10.3. The van der Waals surface area contributed by atoms with E-state index in [1.807, 2.05) is 17.0 Å². The van der Waals surface area contributed by atoms with E-state index in [9.17, 15) is 9.59 Å². The minimum absolute atomic E-state index is 0.170. The summed E-state index contributed by atoms with van der Waals surface area (Å²) in [6, 6.07) is 3.74. The minimum atomic E-state index is -0.875. The molecule has 2 aliphatic rings. The van der Waals surface area contributed by atoms with E-state index in [4.69, 9.17) is 14.6 Å². The van der Waals surface area contributed by atoms with Crippen molar-refractivity contribution in [2.45, 2.75) is 31.6 Å². The molecule has 2 fully saturated rings. The number of amides is 2. The van der Waals surface area contributed by atoms with Crippen LogP contribution < -0.4 is 9.47 Å². The van der Waals surface area contributed by atoms with E-state index in [0.29, 0.717) is 44.2 Å². The number of hydrogen-bond donors (Lipinski definition) is 1. The summed E-state index contributed by atoms with van der Waals surface area (Å²) in [6.07, 6.45) is 3.64. The summed E-state index contributed by atoms with van der Waals surface area (Å²) in [4.78, 5) is 35.1. The number of rotatable bonds is 6. The normalized spacial score (nSPS) is 17.6. The van der Waals surface area contributed by atoms with Gasteiger partial charge in [0.1, 0.15) is 12.9 Å². The van der Waals surface area contributed by atoms with Crippen molar-refractivity contribution in [2.24, 2.45) is 0 Å². The van der Waals surface area contributed by atoms with Crippen LogP contribution in [-0.2, 0) is 4.79 Å². The molecule has 0 bridgehead atoms. The van der Waals surface area contributed by atoms with Crippen LogP contribution in [-0.4, -0.2) is 76.8 Å². The van der Waals surface area contributed by atoms with Crippen LogP contribution >= 0.6 is 0 Å². The number of carbonyl (C=O) groups excluding carboxylic acids is 1. The number of benzene rings is 1. The number of aromatic nitrogens is 2. The zero-order chi connectivity index (χ0) is 21.1. The third-order valence-electron chi connectivity index (χ3n) is 5.89. The molecule has 30 heavy (non-hydrogen) atoms. The number of ether oxygens (including phenoxy) is 2. The predicted molar refractivity (Wildman–Crippen MR) is 109 cm³/mol. The molecule has 2 aromatic rings. The number of carboxylic acid groups (broad SMARTS) is 1. The molecule has 9 heteroatoms. The van der Waals surface area contributed by atoms with Crippen LogP contribution in [0.2, 0.25) is 0 Å². The van der Waals surface area contributed by atoms with Gasteiger partial charge in [-0.15, -0.1) is 0 Å². The maximum absolute atomic E-state index is 11.8. The zero-order valence-electron chi connectivity index (χ0n) is 17.0. The Bertz CT molecular complexity index is 942. The first-order chi connectivity index (χ1) is 14.6. The summed E-state index contributed by atoms with van der Waals surface area (Å²) in [7, 11) is 1.59. The molecule has 9 nitrogen and oxygen atoms in total. The van der Waals surface area contributed by atoms with Gasteiger partial charge < -0.3 is 24.4 Å². The lowest BCUT2D eigenvalue weighted by Gasteiger charge is -2.30. The fourth-order valence-electron chi connectivity index (χ4n) is 4.23. The van der Waals surface area contributed by atoms with Gasteiger partial charge in [0.2, 0.25) is 5.91 Å². The number of carbonyl (C=O) groups is 2. The summed E-state index contributed by atoms with van der Waals surface area (Å²) >= 11 is 0. The van der Waals surface area contributed by atoms with Crippen molar-refractivity contribution < 1.29 is 24.2 Å². The molecule has 4 rings (SSSR count). The molecule has 0 spiro atoms. The molecule has 3 heterocycles. The molecule has 0 radical (unpaired) electrons. The average molecular weight is 414 g/mol. The minimum Gasteiger partial charge on any atom is -0.493 e. The SMILES string of the molecule is COc1cc2c(C3CCN(C(=O)O)CC3)ncnc2cc1OCCN1CCCC1=O. The first kappa shape index (κ1) is 20.2. The van der Waals surface area contributed by atoms with Gasteiger partial charge in [-0.05, 0) is 25.3 Å². The maximum atomic E-state index is 11.8. The van der Waals surface area contributed by atoms with Gasteiger partial charge in [0.05, 0.1) is 24.9 Å². The molecule has 0 atom stereocenters. The fourth-order valence-corrected chi connectivity index (χ4v) is 4.23. The van der Waals surface area contributed by atoms with Gasteiger partial charge in [0.25, 0.3) is 0 Å². The van der Waals surface area contributed by atoms with Crippen LogP contribution in [0.1, 0.15) is 37.3 Å². The second-order valence-corrected chi connectivity index (χ2v) is 7.66. The number of nitrogens with zero attached hydrogens (tertiary/aromatic N) is 4. The molecular weight excluding hydrogens is 388 g/mol. The Balaban J connectivity index is 1.52. The van der Waals surface area contributed by atoms with Crippen molar-refractivity contribution in [3.05, 3.63) is 24.2 Å². The van der Waals surface area contributed by atoms with E-state index >= 15 is 0 Å². The highest BCUT2D eigenvalue weighted by atomic mass is 16.5. The first-order valence-electron chi connectivity index (χ1n) is 10.3. The number of fused-ring (bicyclic) bond motifs is 1. The van der Waals surface area contributed by atoms with E-state index in [0.717, 1.165) is 42.4 Å². The largest absolute Gasteiger partial charge is 0.493 e. The number of hydrogen-bond acceptors (Lipinski definition) is 6. The Morgan fingerprint density at radius 2 is 2.00 bits per heavy atom. The fraction of sp³-hybridized carbons (Fsp3) is 0.524. The summed E-state index contributed by atoms with van der Waals surface area (Å²) < 4.78 is 11.5. The number of methoxy groups -OCH3 is 1. The summed E-state index contributed by atoms with van der Waals surface area (Å²) in [6.45, 7) is 2.73. The Labute approximate surface area is 174 Å². The Hall–Kier alpha value is -3.10. The zero-order valence-corrected chi connectivity index (χ0v) is 17.0. The third-order valence-corrected chi connectivity index (χ3v) is 5.89. The van der Waals surface area contributed by atoms with Crippen molar-refractivity contribution in [1.29, 1.82) is 0 Å². The van der Waals surface area contributed by atoms with Crippen molar-refractivity contribution in [3.63, 3.8) is 0 Å². The second kappa shape index (κ2) is 8.73. The van der Waals surface area contributed by atoms with Crippen LogP contribution in [0.25, 0.3) is 10.9 Å². The second-order valence-electron chi connectivity index (χ2n) is 7.66. The summed E-state index contributed by atoms with van der Waals surface area (Å²) in [5.74, 6) is 1.52. The monoisotopic (exact) mass is 414 g/mol. The van der Waals surface area contributed by atoms with E-state index in [-0.39, 0.29) is 11.8 Å². The highest BCUT2D eigenvalue weighted by molar-refractivity contribution is 5.85. The standard InChI is InChI=1S/C21H26N4O5/c1-29-17-11-15-16(12-18(17)30-10-9-24-6-2-3-19(24)26)22-13-23-20(15)14-4-7-25(8-5-14)21(27)28/h11-14H,2-10H2,1H3,(H,27,28).